The number of aromatic nitrogens is 2. The van der Waals surface area contributed by atoms with E-state index in [1.54, 1.807) is 17.5 Å². The fourth-order valence-corrected chi connectivity index (χ4v) is 4.29. The van der Waals surface area contributed by atoms with E-state index in [0.29, 0.717) is 23.9 Å². The molecule has 2 aliphatic heterocycles. The molecule has 0 bridgehead atoms. The van der Waals surface area contributed by atoms with Gasteiger partial charge in [0.2, 0.25) is 0 Å². The number of pyridine rings is 1. The van der Waals surface area contributed by atoms with Gasteiger partial charge in [-0.25, -0.2) is 9.97 Å². The SMILES string of the molecule is CCN1CCc2nc(NC(=O)c3ccc(N4CCOCC4)nc3)sc2C1. The van der Waals surface area contributed by atoms with Crippen LogP contribution in [0.3, 0.4) is 0 Å². The van der Waals surface area contributed by atoms with Gasteiger partial charge in [-0.05, 0) is 18.7 Å². The number of nitrogens with zero attached hydrogens (tertiary/aromatic N) is 4. The zero-order chi connectivity index (χ0) is 17.9. The highest BCUT2D eigenvalue weighted by Crippen LogP contribution is 2.28. The highest BCUT2D eigenvalue weighted by Gasteiger charge is 2.21. The molecule has 2 aromatic rings. The summed E-state index contributed by atoms with van der Waals surface area (Å²) in [6.07, 6.45) is 2.58. The molecule has 0 aromatic carbocycles. The minimum atomic E-state index is -0.163. The molecule has 2 aromatic heterocycles. The Labute approximate surface area is 157 Å². The fraction of sp³-hybridized carbons (Fsp3) is 0.500. The summed E-state index contributed by atoms with van der Waals surface area (Å²) < 4.78 is 5.36. The van der Waals surface area contributed by atoms with Crippen molar-refractivity contribution in [1.82, 2.24) is 14.9 Å². The van der Waals surface area contributed by atoms with Crippen LogP contribution in [-0.2, 0) is 17.7 Å². The van der Waals surface area contributed by atoms with E-state index in [2.05, 4.69) is 32.0 Å². The standard InChI is InChI=1S/C18H23N5O2S/c1-2-22-6-5-14-15(12-22)26-18(20-14)21-17(24)13-3-4-16(19-11-13)23-7-9-25-10-8-23/h3-4,11H,2,5-10,12H2,1H3,(H,20,21,24). The van der Waals surface area contributed by atoms with Gasteiger partial charge < -0.3 is 9.64 Å². The predicted molar refractivity (Wildman–Crippen MR) is 102 cm³/mol. The van der Waals surface area contributed by atoms with Crippen LogP contribution < -0.4 is 10.2 Å². The summed E-state index contributed by atoms with van der Waals surface area (Å²) in [6, 6.07) is 3.71. The van der Waals surface area contributed by atoms with Gasteiger partial charge in [-0.2, -0.15) is 0 Å². The molecule has 4 heterocycles. The molecule has 0 saturated carbocycles. The normalized spacial score (nSPS) is 17.8. The van der Waals surface area contributed by atoms with Gasteiger partial charge in [-0.1, -0.05) is 6.92 Å². The van der Waals surface area contributed by atoms with E-state index in [-0.39, 0.29) is 5.91 Å². The van der Waals surface area contributed by atoms with Crippen molar-refractivity contribution in [3.63, 3.8) is 0 Å². The van der Waals surface area contributed by atoms with Crippen LogP contribution in [0.5, 0.6) is 0 Å². The first-order valence-electron chi connectivity index (χ1n) is 9.04. The minimum absolute atomic E-state index is 0.163. The molecular weight excluding hydrogens is 350 g/mol. The number of amides is 1. The fourth-order valence-electron chi connectivity index (χ4n) is 3.24. The highest BCUT2D eigenvalue weighted by atomic mass is 32.1. The van der Waals surface area contributed by atoms with E-state index < -0.39 is 0 Å². The molecule has 0 unspecified atom stereocenters. The Kier molecular flexibility index (Phi) is 5.14. The van der Waals surface area contributed by atoms with Gasteiger partial charge in [-0.3, -0.25) is 15.0 Å². The van der Waals surface area contributed by atoms with E-state index in [1.807, 2.05) is 12.1 Å². The van der Waals surface area contributed by atoms with Gasteiger partial charge in [0.25, 0.3) is 5.91 Å². The third-order valence-corrected chi connectivity index (χ3v) is 5.82. The monoisotopic (exact) mass is 373 g/mol. The quantitative estimate of drug-likeness (QED) is 0.884. The number of carbonyl (C=O) groups excluding carboxylic acids is 1. The van der Waals surface area contributed by atoms with Crippen molar-refractivity contribution in [2.45, 2.75) is 19.9 Å². The van der Waals surface area contributed by atoms with Crippen LogP contribution in [0, 0.1) is 0 Å². The summed E-state index contributed by atoms with van der Waals surface area (Å²) in [5.74, 6) is 0.721. The third kappa shape index (κ3) is 3.72. The number of rotatable bonds is 4. The molecule has 138 valence electrons. The van der Waals surface area contributed by atoms with E-state index in [4.69, 9.17) is 4.74 Å². The van der Waals surface area contributed by atoms with Crippen LogP contribution in [0.4, 0.5) is 10.9 Å². The molecule has 0 radical (unpaired) electrons. The van der Waals surface area contributed by atoms with Gasteiger partial charge in [0, 0.05) is 43.7 Å². The molecule has 0 spiro atoms. The van der Waals surface area contributed by atoms with Crippen LogP contribution in [0.15, 0.2) is 18.3 Å². The van der Waals surface area contributed by atoms with Crippen LogP contribution in [-0.4, -0.2) is 60.2 Å². The number of fused-ring (bicyclic) bond motifs is 1. The Morgan fingerprint density at radius 3 is 2.88 bits per heavy atom. The van der Waals surface area contributed by atoms with E-state index in [9.17, 15) is 4.79 Å². The molecule has 1 N–H and O–H groups in total. The molecule has 7 nitrogen and oxygen atoms in total. The van der Waals surface area contributed by atoms with Crippen LogP contribution in [0.25, 0.3) is 0 Å². The number of morpholine rings is 1. The van der Waals surface area contributed by atoms with Crippen LogP contribution >= 0.6 is 11.3 Å². The number of ether oxygens (including phenoxy) is 1. The van der Waals surface area contributed by atoms with Crippen molar-refractivity contribution in [3.05, 3.63) is 34.5 Å². The number of hydrogen-bond acceptors (Lipinski definition) is 7. The van der Waals surface area contributed by atoms with Gasteiger partial charge in [-0.15, -0.1) is 11.3 Å². The third-order valence-electron chi connectivity index (χ3n) is 4.82. The maximum absolute atomic E-state index is 12.5. The number of carbonyl (C=O) groups is 1. The number of thiazole rings is 1. The second-order valence-corrected chi connectivity index (χ2v) is 7.55. The molecule has 1 saturated heterocycles. The largest absolute Gasteiger partial charge is 0.378 e. The lowest BCUT2D eigenvalue weighted by Crippen LogP contribution is -2.36. The van der Waals surface area contributed by atoms with Gasteiger partial charge in [0.05, 0.1) is 24.5 Å². The second kappa shape index (κ2) is 7.69. The summed E-state index contributed by atoms with van der Waals surface area (Å²) in [6.45, 7) is 8.27. The minimum Gasteiger partial charge on any atom is -0.378 e. The highest BCUT2D eigenvalue weighted by molar-refractivity contribution is 7.15. The Morgan fingerprint density at radius 1 is 1.31 bits per heavy atom. The van der Waals surface area contributed by atoms with E-state index in [0.717, 1.165) is 50.7 Å². The molecule has 1 amide bonds. The molecular formula is C18H23N5O2S. The Balaban J connectivity index is 1.41. The molecule has 26 heavy (non-hydrogen) atoms. The van der Waals surface area contributed by atoms with Gasteiger partial charge >= 0.3 is 0 Å². The van der Waals surface area contributed by atoms with Crippen molar-refractivity contribution in [1.29, 1.82) is 0 Å². The zero-order valence-electron chi connectivity index (χ0n) is 14.9. The Morgan fingerprint density at radius 2 is 2.15 bits per heavy atom. The maximum atomic E-state index is 12.5. The van der Waals surface area contributed by atoms with Crippen LogP contribution in [0.2, 0.25) is 0 Å². The van der Waals surface area contributed by atoms with Crippen molar-refractivity contribution in [2.24, 2.45) is 0 Å². The average Bonchev–Trinajstić information content (AvgIpc) is 3.10. The Bertz CT molecular complexity index is 770. The number of likely N-dealkylation sites (N-methyl/N-ethyl adjacent to an activating group) is 1. The Hall–Kier alpha value is -2.03. The van der Waals surface area contributed by atoms with Gasteiger partial charge in [0.15, 0.2) is 5.13 Å². The summed E-state index contributed by atoms with van der Waals surface area (Å²) in [5, 5.41) is 3.60. The first-order valence-corrected chi connectivity index (χ1v) is 9.85. The van der Waals surface area contributed by atoms with Gasteiger partial charge in [0.1, 0.15) is 5.82 Å². The first-order chi connectivity index (χ1) is 12.7. The van der Waals surface area contributed by atoms with Crippen molar-refractivity contribution >= 4 is 28.2 Å². The molecule has 2 aliphatic rings. The van der Waals surface area contributed by atoms with Crippen molar-refractivity contribution in [3.8, 4) is 0 Å². The summed E-state index contributed by atoms with van der Waals surface area (Å²) >= 11 is 1.58. The predicted octanol–water partition coefficient (Wildman–Crippen LogP) is 2.00. The smallest absolute Gasteiger partial charge is 0.259 e. The van der Waals surface area contributed by atoms with E-state index in [1.165, 1.54) is 4.88 Å². The lowest BCUT2D eigenvalue weighted by molar-refractivity contribution is 0.102. The zero-order valence-corrected chi connectivity index (χ0v) is 15.7. The molecule has 4 rings (SSSR count). The second-order valence-electron chi connectivity index (χ2n) is 6.47. The van der Waals surface area contributed by atoms with Crippen LogP contribution in [0.1, 0.15) is 27.9 Å². The molecule has 0 aliphatic carbocycles. The van der Waals surface area contributed by atoms with Crippen molar-refractivity contribution in [2.75, 3.05) is 49.6 Å². The maximum Gasteiger partial charge on any atom is 0.259 e. The number of anilines is 2. The average molecular weight is 373 g/mol. The summed E-state index contributed by atoms with van der Waals surface area (Å²) in [5.41, 5.74) is 1.67. The number of nitrogens with one attached hydrogen (secondary N) is 1. The van der Waals surface area contributed by atoms with Crippen molar-refractivity contribution < 1.29 is 9.53 Å². The summed E-state index contributed by atoms with van der Waals surface area (Å²) in [7, 11) is 0. The lowest BCUT2D eigenvalue weighted by Gasteiger charge is -2.27. The topological polar surface area (TPSA) is 70.6 Å². The molecule has 8 heteroatoms. The lowest BCUT2D eigenvalue weighted by atomic mass is 10.2. The van der Waals surface area contributed by atoms with E-state index >= 15 is 0 Å². The summed E-state index contributed by atoms with van der Waals surface area (Å²) in [4.78, 5) is 27.4. The number of hydrogen-bond donors (Lipinski definition) is 1. The molecule has 1 fully saturated rings. The first kappa shape index (κ1) is 17.4. The molecule has 0 atom stereocenters.